The third-order valence-electron chi connectivity index (χ3n) is 3.33. The van der Waals surface area contributed by atoms with Crippen molar-refractivity contribution < 1.29 is 61.4 Å². The number of H-pyrrole nitrogens is 2. The lowest BCUT2D eigenvalue weighted by molar-refractivity contribution is -0.0227. The number of hydrogen-bond acceptors (Lipinski definition) is 11. The summed E-state index contributed by atoms with van der Waals surface area (Å²) in [6.07, 6.45) is -5.19. The van der Waals surface area contributed by atoms with Gasteiger partial charge < -0.3 is 39.5 Å². The van der Waals surface area contributed by atoms with Crippen LogP contribution in [0.25, 0.3) is 0 Å². The Morgan fingerprint density at radius 2 is 1.69 bits per heavy atom. The predicted octanol–water partition coefficient (Wildman–Crippen LogP) is -1.06. The Morgan fingerprint density at radius 3 is 2.24 bits per heavy atom. The minimum Gasteiger partial charge on any atom is -0.387 e. The second-order valence-corrected chi connectivity index (χ2v) is 10.3. The highest BCUT2D eigenvalue weighted by atomic mass is 32.1. The maximum Gasteiger partial charge on any atom is 0.490 e. The van der Waals surface area contributed by atoms with E-state index in [1.165, 1.54) is 0 Å². The number of aromatic nitrogens is 2. The van der Waals surface area contributed by atoms with Gasteiger partial charge >= 0.3 is 23.5 Å². The average Bonchev–Trinajstić information content (AvgIpc) is 2.78. The maximum absolute atomic E-state index is 11.9. The SMILES string of the molecule is O=c1[nH]c(=S)[nH]cc1C1OC(COP(=O)(O)OP(=O)(O)OP(=O)(O)O)C(O)C1O. The standard InChI is InChI=1S/C9H15N2O14P3S/c12-5-4(2-22-27(18,19)25-28(20,21)24-26(15,16)17)23-7(6(5)13)3-1-10-9(29)11-8(3)14/h1,4-7,12-13H,2H2,(H,18,19)(H,20,21)(H2,15,16,17)(H2,10,11,14,29). The van der Waals surface area contributed by atoms with Gasteiger partial charge in [0, 0.05) is 6.20 Å². The number of ether oxygens (including phenoxy) is 1. The number of rotatable bonds is 8. The summed E-state index contributed by atoms with van der Waals surface area (Å²) in [6.45, 7) is -1.00. The lowest BCUT2D eigenvalue weighted by atomic mass is 10.0. The number of nitrogens with one attached hydrogen (secondary N) is 2. The molecule has 20 heteroatoms. The Morgan fingerprint density at radius 1 is 1.07 bits per heavy atom. The van der Waals surface area contributed by atoms with Crippen molar-refractivity contribution >= 4 is 35.7 Å². The van der Waals surface area contributed by atoms with Crippen LogP contribution < -0.4 is 5.56 Å². The van der Waals surface area contributed by atoms with Gasteiger partial charge in [0.1, 0.15) is 24.4 Å². The van der Waals surface area contributed by atoms with Crippen LogP contribution in [0.1, 0.15) is 11.7 Å². The van der Waals surface area contributed by atoms with E-state index in [9.17, 15) is 33.6 Å². The van der Waals surface area contributed by atoms with Crippen LogP contribution >= 0.6 is 35.7 Å². The quantitative estimate of drug-likeness (QED) is 0.156. The van der Waals surface area contributed by atoms with Gasteiger partial charge in [0.15, 0.2) is 4.77 Å². The van der Waals surface area contributed by atoms with Crippen molar-refractivity contribution in [3.63, 3.8) is 0 Å². The van der Waals surface area contributed by atoms with Gasteiger partial charge in [0.25, 0.3) is 5.56 Å². The van der Waals surface area contributed by atoms with Crippen LogP contribution in [0.2, 0.25) is 0 Å². The first-order valence-electron chi connectivity index (χ1n) is 7.22. The van der Waals surface area contributed by atoms with E-state index in [0.717, 1.165) is 6.20 Å². The molecular weight excluding hydrogens is 485 g/mol. The summed E-state index contributed by atoms with van der Waals surface area (Å²) < 4.78 is 50.1. The molecule has 8 N–H and O–H groups in total. The van der Waals surface area contributed by atoms with Crippen molar-refractivity contribution in [3.05, 3.63) is 26.9 Å². The summed E-state index contributed by atoms with van der Waals surface area (Å²) >= 11 is 4.71. The first-order chi connectivity index (χ1) is 13.1. The van der Waals surface area contributed by atoms with E-state index in [4.69, 9.17) is 31.6 Å². The fraction of sp³-hybridized carbons (Fsp3) is 0.556. The second kappa shape index (κ2) is 8.86. The molecule has 2 rings (SSSR count). The van der Waals surface area contributed by atoms with Crippen LogP contribution in [0.3, 0.4) is 0 Å². The molecule has 1 aromatic heterocycles. The Balaban J connectivity index is 2.06. The molecule has 1 aliphatic rings. The summed E-state index contributed by atoms with van der Waals surface area (Å²) in [4.78, 5) is 51.9. The van der Waals surface area contributed by atoms with Crippen molar-refractivity contribution in [1.82, 2.24) is 9.97 Å². The number of hydrogen-bond donors (Lipinski definition) is 8. The molecule has 1 fully saturated rings. The maximum atomic E-state index is 11.9. The summed E-state index contributed by atoms with van der Waals surface area (Å²) in [7, 11) is -16.7. The zero-order valence-electron chi connectivity index (χ0n) is 13.8. The van der Waals surface area contributed by atoms with Gasteiger partial charge in [-0.25, -0.2) is 13.7 Å². The molecule has 0 aliphatic carbocycles. The molecule has 0 aromatic carbocycles. The van der Waals surface area contributed by atoms with Crippen LogP contribution in [-0.4, -0.2) is 64.7 Å². The van der Waals surface area contributed by atoms with Crippen LogP contribution in [0.15, 0.2) is 11.0 Å². The monoisotopic (exact) mass is 500 g/mol. The Hall–Kier alpha value is -0.610. The molecule has 1 saturated heterocycles. The van der Waals surface area contributed by atoms with Gasteiger partial charge in [-0.05, 0) is 12.2 Å². The zero-order chi connectivity index (χ0) is 22.2. The first-order valence-corrected chi connectivity index (χ1v) is 12.1. The second-order valence-electron chi connectivity index (χ2n) is 5.49. The molecule has 1 aliphatic heterocycles. The Kier molecular flexibility index (Phi) is 7.54. The van der Waals surface area contributed by atoms with Gasteiger partial charge in [0.05, 0.1) is 12.2 Å². The van der Waals surface area contributed by atoms with Crippen LogP contribution in [0, 0.1) is 4.77 Å². The van der Waals surface area contributed by atoms with Crippen LogP contribution in [0.4, 0.5) is 0 Å². The van der Waals surface area contributed by atoms with E-state index in [0.29, 0.717) is 0 Å². The molecular formula is C9H15N2O14P3S. The van der Waals surface area contributed by atoms with E-state index in [-0.39, 0.29) is 10.3 Å². The topological polar surface area (TPSA) is 258 Å². The Bertz CT molecular complexity index is 1000. The largest absolute Gasteiger partial charge is 0.490 e. The fourth-order valence-electron chi connectivity index (χ4n) is 2.25. The van der Waals surface area contributed by atoms with E-state index < -0.39 is 60.1 Å². The summed E-state index contributed by atoms with van der Waals surface area (Å²) in [5, 5.41) is 20.0. The van der Waals surface area contributed by atoms with Crippen LogP contribution in [0.5, 0.6) is 0 Å². The predicted molar refractivity (Wildman–Crippen MR) is 91.7 cm³/mol. The molecule has 0 amide bonds. The highest BCUT2D eigenvalue weighted by Gasteiger charge is 2.46. The molecule has 0 spiro atoms. The summed E-state index contributed by atoms with van der Waals surface area (Å²) in [5.41, 5.74) is -0.899. The molecule has 166 valence electrons. The minimum absolute atomic E-state index is 0.0176. The van der Waals surface area contributed by atoms with Crippen molar-refractivity contribution in [1.29, 1.82) is 0 Å². The zero-order valence-corrected chi connectivity index (χ0v) is 17.3. The van der Waals surface area contributed by atoms with Gasteiger partial charge in [0.2, 0.25) is 0 Å². The smallest absolute Gasteiger partial charge is 0.387 e. The molecule has 0 saturated carbocycles. The average molecular weight is 500 g/mol. The van der Waals surface area contributed by atoms with E-state index in [1.807, 2.05) is 0 Å². The van der Waals surface area contributed by atoms with Crippen LogP contribution in [-0.2, 0) is 31.6 Å². The highest BCUT2D eigenvalue weighted by Crippen LogP contribution is 2.66. The van der Waals surface area contributed by atoms with Gasteiger partial charge in [-0.2, -0.15) is 8.62 Å². The lowest BCUT2D eigenvalue weighted by Gasteiger charge is -2.19. The highest BCUT2D eigenvalue weighted by molar-refractivity contribution is 7.71. The van der Waals surface area contributed by atoms with E-state index in [2.05, 4.69) is 23.1 Å². The van der Waals surface area contributed by atoms with Crippen molar-refractivity contribution in [3.8, 4) is 0 Å². The number of aromatic amines is 2. The van der Waals surface area contributed by atoms with Crippen molar-refractivity contribution in [2.24, 2.45) is 0 Å². The molecule has 0 radical (unpaired) electrons. The third kappa shape index (κ3) is 6.95. The number of phosphoric ester groups is 1. The molecule has 16 nitrogen and oxygen atoms in total. The molecule has 1 aromatic rings. The minimum atomic E-state index is -5.71. The number of aliphatic hydroxyl groups excluding tert-OH is 2. The number of phosphoric acid groups is 3. The van der Waals surface area contributed by atoms with Gasteiger partial charge in [-0.3, -0.25) is 14.3 Å². The molecule has 0 bridgehead atoms. The Labute approximate surface area is 165 Å². The van der Waals surface area contributed by atoms with E-state index in [1.54, 1.807) is 0 Å². The third-order valence-corrected chi connectivity index (χ3v) is 7.36. The molecule has 2 heterocycles. The summed E-state index contributed by atoms with van der Waals surface area (Å²) in [6, 6.07) is 0. The molecule has 6 atom stereocenters. The van der Waals surface area contributed by atoms with Gasteiger partial charge in [-0.15, -0.1) is 0 Å². The number of aliphatic hydroxyl groups is 2. The molecule has 6 unspecified atom stereocenters. The summed E-state index contributed by atoms with van der Waals surface area (Å²) in [5.74, 6) is 0. The van der Waals surface area contributed by atoms with Crippen molar-refractivity contribution in [2.75, 3.05) is 6.61 Å². The van der Waals surface area contributed by atoms with E-state index >= 15 is 0 Å². The van der Waals surface area contributed by atoms with Gasteiger partial charge in [-0.1, -0.05) is 0 Å². The van der Waals surface area contributed by atoms with Crippen molar-refractivity contribution in [2.45, 2.75) is 24.4 Å². The first kappa shape index (κ1) is 24.7. The molecule has 29 heavy (non-hydrogen) atoms. The lowest BCUT2D eigenvalue weighted by Crippen LogP contribution is -2.33. The normalized spacial score (nSPS) is 29.3. The fourth-order valence-corrected chi connectivity index (χ4v) is 5.43.